The highest BCUT2D eigenvalue weighted by Gasteiger charge is 2.18. The third kappa shape index (κ3) is 3.64. The topological polar surface area (TPSA) is 92.3 Å². The molecule has 1 aromatic heterocycles. The van der Waals surface area contributed by atoms with E-state index in [1.54, 1.807) is 12.4 Å². The molecular formula is C13H20N4O2. The molecule has 104 valence electrons. The molecule has 0 aliphatic carbocycles. The van der Waals surface area contributed by atoms with E-state index in [-0.39, 0.29) is 6.42 Å². The summed E-state index contributed by atoms with van der Waals surface area (Å²) in [5, 5.41) is 8.70. The second kappa shape index (κ2) is 5.97. The third-order valence-corrected chi connectivity index (χ3v) is 3.55. The number of carbonyl (C=O) groups is 1. The number of carboxylic acid groups (broad SMARTS) is 1. The highest BCUT2D eigenvalue weighted by atomic mass is 16.4. The van der Waals surface area contributed by atoms with Gasteiger partial charge in [0.1, 0.15) is 0 Å². The van der Waals surface area contributed by atoms with Crippen LogP contribution in [0.15, 0.2) is 12.4 Å². The van der Waals surface area contributed by atoms with Crippen LogP contribution in [0.1, 0.15) is 37.8 Å². The number of aliphatic carboxylic acids is 1. The van der Waals surface area contributed by atoms with Crippen molar-refractivity contribution < 1.29 is 9.90 Å². The summed E-state index contributed by atoms with van der Waals surface area (Å²) in [5.41, 5.74) is 6.43. The first-order valence-corrected chi connectivity index (χ1v) is 6.60. The van der Waals surface area contributed by atoms with Crippen LogP contribution in [-0.2, 0) is 4.79 Å². The van der Waals surface area contributed by atoms with E-state index in [1.807, 2.05) is 0 Å². The molecule has 0 amide bonds. The van der Waals surface area contributed by atoms with Gasteiger partial charge in [-0.05, 0) is 18.8 Å². The summed E-state index contributed by atoms with van der Waals surface area (Å²) in [5.74, 6) is 0.555. The van der Waals surface area contributed by atoms with Gasteiger partial charge in [0, 0.05) is 37.1 Å². The Labute approximate surface area is 112 Å². The van der Waals surface area contributed by atoms with E-state index in [1.165, 1.54) is 0 Å². The highest BCUT2D eigenvalue weighted by Crippen LogP contribution is 2.20. The zero-order valence-electron chi connectivity index (χ0n) is 11.1. The number of nitrogens with zero attached hydrogens (tertiary/aromatic N) is 3. The lowest BCUT2D eigenvalue weighted by atomic mass is 10.00. The molecule has 0 aromatic carbocycles. The first-order chi connectivity index (χ1) is 9.06. The average molecular weight is 264 g/mol. The number of nitrogens with two attached hydrogens (primary N) is 1. The van der Waals surface area contributed by atoms with Crippen LogP contribution in [0.4, 0.5) is 5.95 Å². The second-order valence-electron chi connectivity index (χ2n) is 5.19. The van der Waals surface area contributed by atoms with Gasteiger partial charge in [-0.25, -0.2) is 9.97 Å². The first-order valence-electron chi connectivity index (χ1n) is 6.60. The molecule has 1 saturated heterocycles. The van der Waals surface area contributed by atoms with Crippen LogP contribution in [0, 0.1) is 5.92 Å². The quantitative estimate of drug-likeness (QED) is 0.848. The summed E-state index contributed by atoms with van der Waals surface area (Å²) in [6.07, 6.45) is 5.47. The molecule has 0 spiro atoms. The molecule has 6 nitrogen and oxygen atoms in total. The number of rotatable bonds is 4. The van der Waals surface area contributed by atoms with E-state index >= 15 is 0 Å². The SMILES string of the molecule is CC1CCN(c2ncc(C(N)CC(=O)O)cn2)CC1. The Morgan fingerprint density at radius 3 is 2.58 bits per heavy atom. The average Bonchev–Trinajstić information content (AvgIpc) is 2.39. The number of piperidine rings is 1. The fourth-order valence-corrected chi connectivity index (χ4v) is 2.20. The molecule has 0 radical (unpaired) electrons. The van der Waals surface area contributed by atoms with E-state index in [4.69, 9.17) is 10.8 Å². The van der Waals surface area contributed by atoms with Crippen LogP contribution in [-0.4, -0.2) is 34.1 Å². The van der Waals surface area contributed by atoms with Gasteiger partial charge >= 0.3 is 5.97 Å². The van der Waals surface area contributed by atoms with Crippen molar-refractivity contribution in [2.24, 2.45) is 11.7 Å². The summed E-state index contributed by atoms with van der Waals surface area (Å²) >= 11 is 0. The minimum Gasteiger partial charge on any atom is -0.481 e. The summed E-state index contributed by atoms with van der Waals surface area (Å²) in [4.78, 5) is 21.4. The lowest BCUT2D eigenvalue weighted by Crippen LogP contribution is -2.34. The van der Waals surface area contributed by atoms with E-state index < -0.39 is 12.0 Å². The van der Waals surface area contributed by atoms with Gasteiger partial charge in [0.15, 0.2) is 0 Å². The van der Waals surface area contributed by atoms with E-state index in [0.717, 1.165) is 31.8 Å². The fraction of sp³-hybridized carbons (Fsp3) is 0.615. The van der Waals surface area contributed by atoms with E-state index in [2.05, 4.69) is 21.8 Å². The van der Waals surface area contributed by atoms with Crippen LogP contribution in [0.3, 0.4) is 0 Å². The summed E-state index contributed by atoms with van der Waals surface area (Å²) in [6, 6.07) is -0.548. The Morgan fingerprint density at radius 1 is 1.47 bits per heavy atom. The van der Waals surface area contributed by atoms with Crippen molar-refractivity contribution in [2.75, 3.05) is 18.0 Å². The van der Waals surface area contributed by atoms with Gasteiger partial charge in [-0.1, -0.05) is 6.92 Å². The molecule has 0 saturated carbocycles. The fourth-order valence-electron chi connectivity index (χ4n) is 2.20. The lowest BCUT2D eigenvalue weighted by Gasteiger charge is -2.30. The summed E-state index contributed by atoms with van der Waals surface area (Å²) < 4.78 is 0. The standard InChI is InChI=1S/C13H20N4O2/c1-9-2-4-17(5-3-9)13-15-7-10(8-16-13)11(14)6-12(18)19/h7-9,11H,2-6,14H2,1H3,(H,18,19). The molecular weight excluding hydrogens is 244 g/mol. The van der Waals surface area contributed by atoms with Crippen molar-refractivity contribution in [1.82, 2.24) is 9.97 Å². The molecule has 1 aliphatic rings. The van der Waals surface area contributed by atoms with Crippen molar-refractivity contribution >= 4 is 11.9 Å². The van der Waals surface area contributed by atoms with Crippen molar-refractivity contribution in [2.45, 2.75) is 32.2 Å². The molecule has 1 atom stereocenters. The van der Waals surface area contributed by atoms with Crippen molar-refractivity contribution in [1.29, 1.82) is 0 Å². The Kier molecular flexibility index (Phi) is 4.31. The number of hydrogen-bond donors (Lipinski definition) is 2. The van der Waals surface area contributed by atoms with Crippen LogP contribution in [0.5, 0.6) is 0 Å². The van der Waals surface area contributed by atoms with E-state index in [0.29, 0.717) is 11.5 Å². The van der Waals surface area contributed by atoms with Gasteiger partial charge < -0.3 is 15.7 Å². The molecule has 1 aromatic rings. The molecule has 19 heavy (non-hydrogen) atoms. The smallest absolute Gasteiger partial charge is 0.305 e. The summed E-state index contributed by atoms with van der Waals surface area (Å²) in [7, 11) is 0. The van der Waals surface area contributed by atoms with E-state index in [9.17, 15) is 4.79 Å². The Hall–Kier alpha value is -1.69. The lowest BCUT2D eigenvalue weighted by molar-refractivity contribution is -0.137. The van der Waals surface area contributed by atoms with Crippen molar-refractivity contribution in [3.05, 3.63) is 18.0 Å². The van der Waals surface area contributed by atoms with Gasteiger partial charge in [-0.3, -0.25) is 4.79 Å². The van der Waals surface area contributed by atoms with Crippen LogP contribution >= 0.6 is 0 Å². The Morgan fingerprint density at radius 2 is 2.05 bits per heavy atom. The first kappa shape index (κ1) is 13.7. The van der Waals surface area contributed by atoms with Gasteiger partial charge in [0.2, 0.25) is 5.95 Å². The molecule has 2 rings (SSSR count). The van der Waals surface area contributed by atoms with Crippen LogP contribution in [0.25, 0.3) is 0 Å². The molecule has 1 unspecified atom stereocenters. The maximum Gasteiger partial charge on any atom is 0.305 e. The monoisotopic (exact) mass is 264 g/mol. The summed E-state index contributed by atoms with van der Waals surface area (Å²) in [6.45, 7) is 4.20. The molecule has 3 N–H and O–H groups in total. The van der Waals surface area contributed by atoms with Crippen LogP contribution in [0.2, 0.25) is 0 Å². The maximum atomic E-state index is 10.6. The highest BCUT2D eigenvalue weighted by molar-refractivity contribution is 5.67. The number of aromatic nitrogens is 2. The molecule has 1 fully saturated rings. The Balaban J connectivity index is 2.00. The molecule has 0 bridgehead atoms. The predicted molar refractivity (Wildman–Crippen MR) is 71.8 cm³/mol. The molecule has 1 aliphatic heterocycles. The molecule has 2 heterocycles. The van der Waals surface area contributed by atoms with Gasteiger partial charge in [0.05, 0.1) is 6.42 Å². The van der Waals surface area contributed by atoms with Crippen molar-refractivity contribution in [3.8, 4) is 0 Å². The Bertz CT molecular complexity index is 427. The predicted octanol–water partition coefficient (Wildman–Crippen LogP) is 1.19. The largest absolute Gasteiger partial charge is 0.481 e. The normalized spacial score (nSPS) is 18.3. The minimum atomic E-state index is -0.915. The van der Waals surface area contributed by atoms with Crippen LogP contribution < -0.4 is 10.6 Å². The van der Waals surface area contributed by atoms with Crippen molar-refractivity contribution in [3.63, 3.8) is 0 Å². The van der Waals surface area contributed by atoms with Gasteiger partial charge in [-0.15, -0.1) is 0 Å². The van der Waals surface area contributed by atoms with Gasteiger partial charge in [-0.2, -0.15) is 0 Å². The number of carboxylic acids is 1. The van der Waals surface area contributed by atoms with Gasteiger partial charge in [0.25, 0.3) is 0 Å². The second-order valence-corrected chi connectivity index (χ2v) is 5.19. The zero-order valence-corrected chi connectivity index (χ0v) is 11.1. The maximum absolute atomic E-state index is 10.6. The third-order valence-electron chi connectivity index (χ3n) is 3.55. The molecule has 6 heteroatoms. The zero-order chi connectivity index (χ0) is 13.8. The number of anilines is 1. The minimum absolute atomic E-state index is 0.107. The number of hydrogen-bond acceptors (Lipinski definition) is 5.